The van der Waals surface area contributed by atoms with Crippen LogP contribution in [0.5, 0.6) is 0 Å². The summed E-state index contributed by atoms with van der Waals surface area (Å²) >= 11 is 0. The predicted molar refractivity (Wildman–Crippen MR) is 85.4 cm³/mol. The number of benzene rings is 1. The van der Waals surface area contributed by atoms with E-state index in [1.165, 1.54) is 24.3 Å². The molecule has 0 bridgehead atoms. The molecule has 0 fully saturated rings. The lowest BCUT2D eigenvalue weighted by Crippen LogP contribution is -2.25. The highest BCUT2D eigenvalue weighted by atomic mass is 32.2. The number of nitrogens with one attached hydrogen (secondary N) is 2. The number of aryl methyl sites for hydroxylation is 1. The van der Waals surface area contributed by atoms with E-state index in [0.29, 0.717) is 17.7 Å². The van der Waals surface area contributed by atoms with Crippen LogP contribution in [0.25, 0.3) is 0 Å². The maximum Gasteiger partial charge on any atom is 0.253 e. The van der Waals surface area contributed by atoms with Gasteiger partial charge in [0.2, 0.25) is 15.6 Å². The number of aromatic amines is 1. The third-order valence-corrected chi connectivity index (χ3v) is 4.23. The Morgan fingerprint density at radius 3 is 2.39 bits per heavy atom. The first kappa shape index (κ1) is 16.9. The van der Waals surface area contributed by atoms with Gasteiger partial charge in [0, 0.05) is 18.3 Å². The van der Waals surface area contributed by atoms with Gasteiger partial charge in [0.05, 0.1) is 10.5 Å². The number of rotatable bonds is 5. The van der Waals surface area contributed by atoms with Crippen LogP contribution in [0.15, 0.2) is 46.1 Å². The van der Waals surface area contributed by atoms with E-state index >= 15 is 0 Å². The molecule has 23 heavy (non-hydrogen) atoms. The van der Waals surface area contributed by atoms with Crippen LogP contribution in [0.4, 0.5) is 0 Å². The maximum atomic E-state index is 12.2. The zero-order chi connectivity index (χ0) is 17.0. The first-order valence-corrected chi connectivity index (χ1v) is 8.48. The molecule has 7 nitrogen and oxygen atoms in total. The van der Waals surface area contributed by atoms with Gasteiger partial charge in [-0.2, -0.15) is 0 Å². The first-order valence-electron chi connectivity index (χ1n) is 6.93. The van der Waals surface area contributed by atoms with E-state index in [9.17, 15) is 18.0 Å². The van der Waals surface area contributed by atoms with Crippen LogP contribution in [-0.2, 0) is 23.0 Å². The van der Waals surface area contributed by atoms with Crippen molar-refractivity contribution >= 4 is 15.9 Å². The van der Waals surface area contributed by atoms with Crippen LogP contribution in [0.3, 0.4) is 0 Å². The Hall–Kier alpha value is -2.45. The molecule has 2 aromatic rings. The molecule has 0 aliphatic carbocycles. The first-order chi connectivity index (χ1) is 10.8. The third kappa shape index (κ3) is 4.27. The minimum atomic E-state index is -3.73. The van der Waals surface area contributed by atoms with E-state index in [1.54, 1.807) is 12.1 Å². The number of sulfonamides is 1. The number of hydrogen-bond donors (Lipinski definition) is 3. The molecule has 122 valence electrons. The van der Waals surface area contributed by atoms with Gasteiger partial charge < -0.3 is 10.3 Å². The molecule has 4 N–H and O–H groups in total. The largest absolute Gasteiger partial charge is 0.348 e. The number of aromatic nitrogens is 1. The SMILES string of the molecule is CCc1[nH]c(=O)ccc1C(=O)NCc1ccc(S(N)(=O)=O)cc1. The van der Waals surface area contributed by atoms with Crippen molar-refractivity contribution in [1.29, 1.82) is 0 Å². The summed E-state index contributed by atoms with van der Waals surface area (Å²) in [6.45, 7) is 2.07. The summed E-state index contributed by atoms with van der Waals surface area (Å²) < 4.78 is 22.3. The van der Waals surface area contributed by atoms with Gasteiger partial charge in [-0.05, 0) is 30.2 Å². The molecule has 1 aromatic heterocycles. The lowest BCUT2D eigenvalue weighted by atomic mass is 10.1. The Morgan fingerprint density at radius 2 is 1.83 bits per heavy atom. The van der Waals surface area contributed by atoms with E-state index in [0.717, 1.165) is 5.56 Å². The molecular formula is C15H17N3O4S. The summed E-state index contributed by atoms with van der Waals surface area (Å²) in [6.07, 6.45) is 0.530. The zero-order valence-corrected chi connectivity index (χ0v) is 13.3. The fraction of sp³-hybridized carbons (Fsp3) is 0.200. The number of nitrogens with two attached hydrogens (primary N) is 1. The normalized spacial score (nSPS) is 11.2. The van der Waals surface area contributed by atoms with Crippen molar-refractivity contribution in [3.8, 4) is 0 Å². The zero-order valence-electron chi connectivity index (χ0n) is 12.5. The van der Waals surface area contributed by atoms with Gasteiger partial charge in [-0.15, -0.1) is 0 Å². The highest BCUT2D eigenvalue weighted by Crippen LogP contribution is 2.09. The number of hydrogen-bond acceptors (Lipinski definition) is 4. The molecule has 1 heterocycles. The summed E-state index contributed by atoms with van der Waals surface area (Å²) in [5.74, 6) is -0.311. The molecule has 0 saturated carbocycles. The van der Waals surface area contributed by atoms with Crippen LogP contribution in [-0.4, -0.2) is 19.3 Å². The van der Waals surface area contributed by atoms with Crippen LogP contribution in [0.2, 0.25) is 0 Å². The Labute approximate surface area is 133 Å². The molecule has 1 amide bonds. The molecule has 8 heteroatoms. The molecular weight excluding hydrogens is 318 g/mol. The van der Waals surface area contributed by atoms with Gasteiger partial charge in [0.15, 0.2) is 0 Å². The molecule has 0 radical (unpaired) electrons. The Bertz CT molecular complexity index is 870. The molecule has 0 atom stereocenters. The molecule has 0 aliphatic heterocycles. The highest BCUT2D eigenvalue weighted by molar-refractivity contribution is 7.89. The van der Waals surface area contributed by atoms with Gasteiger partial charge in [0.1, 0.15) is 0 Å². The number of carbonyl (C=O) groups excluding carboxylic acids is 1. The van der Waals surface area contributed by atoms with Crippen molar-refractivity contribution < 1.29 is 13.2 Å². The average molecular weight is 335 g/mol. The van der Waals surface area contributed by atoms with Crippen molar-refractivity contribution in [2.24, 2.45) is 5.14 Å². The van der Waals surface area contributed by atoms with E-state index in [1.807, 2.05) is 6.92 Å². The molecule has 2 rings (SSSR count). The topological polar surface area (TPSA) is 122 Å². The van der Waals surface area contributed by atoms with Gasteiger partial charge in [-0.1, -0.05) is 19.1 Å². The van der Waals surface area contributed by atoms with Crippen molar-refractivity contribution in [3.63, 3.8) is 0 Å². The fourth-order valence-corrected chi connectivity index (χ4v) is 2.60. The number of pyridine rings is 1. The quantitative estimate of drug-likeness (QED) is 0.737. The van der Waals surface area contributed by atoms with Crippen molar-refractivity contribution in [1.82, 2.24) is 10.3 Å². The van der Waals surface area contributed by atoms with Crippen molar-refractivity contribution in [2.75, 3.05) is 0 Å². The second-order valence-corrected chi connectivity index (χ2v) is 6.50. The van der Waals surface area contributed by atoms with Gasteiger partial charge >= 0.3 is 0 Å². The van der Waals surface area contributed by atoms with Crippen molar-refractivity contribution in [3.05, 3.63) is 63.6 Å². The van der Waals surface area contributed by atoms with Crippen molar-refractivity contribution in [2.45, 2.75) is 24.8 Å². The molecule has 1 aromatic carbocycles. The predicted octanol–water partition coefficient (Wildman–Crippen LogP) is 0.515. The molecule has 0 spiro atoms. The van der Waals surface area contributed by atoms with Crippen LogP contribution in [0, 0.1) is 0 Å². The minimum absolute atomic E-state index is 0.0153. The fourth-order valence-electron chi connectivity index (χ4n) is 2.08. The average Bonchev–Trinajstić information content (AvgIpc) is 2.52. The number of amides is 1. The molecule has 0 unspecified atom stereocenters. The Morgan fingerprint density at radius 1 is 1.17 bits per heavy atom. The van der Waals surface area contributed by atoms with Gasteiger partial charge in [0.25, 0.3) is 5.91 Å². The Balaban J connectivity index is 2.09. The number of carbonyl (C=O) groups is 1. The molecule has 0 aliphatic rings. The number of H-pyrrole nitrogens is 1. The second-order valence-electron chi connectivity index (χ2n) is 4.94. The van der Waals surface area contributed by atoms with E-state index in [4.69, 9.17) is 5.14 Å². The van der Waals surface area contributed by atoms with Crippen LogP contribution in [0.1, 0.15) is 28.5 Å². The van der Waals surface area contributed by atoms with Crippen LogP contribution >= 0.6 is 0 Å². The standard InChI is InChI=1S/C15H17N3O4S/c1-2-13-12(7-8-14(19)18-13)15(20)17-9-10-3-5-11(6-4-10)23(16,21)22/h3-8H,2,9H2,1H3,(H,17,20)(H,18,19)(H2,16,21,22). The highest BCUT2D eigenvalue weighted by Gasteiger charge is 2.11. The summed E-state index contributed by atoms with van der Waals surface area (Å²) in [5.41, 5.74) is 1.46. The lowest BCUT2D eigenvalue weighted by molar-refractivity contribution is 0.0949. The number of primary sulfonamides is 1. The summed E-state index contributed by atoms with van der Waals surface area (Å²) in [5, 5.41) is 7.75. The summed E-state index contributed by atoms with van der Waals surface area (Å²) in [7, 11) is -3.73. The lowest BCUT2D eigenvalue weighted by Gasteiger charge is -2.09. The summed E-state index contributed by atoms with van der Waals surface area (Å²) in [6, 6.07) is 8.70. The second kappa shape index (κ2) is 6.76. The van der Waals surface area contributed by atoms with E-state index in [-0.39, 0.29) is 22.9 Å². The van der Waals surface area contributed by atoms with Gasteiger partial charge in [-0.25, -0.2) is 13.6 Å². The maximum absolute atomic E-state index is 12.2. The smallest absolute Gasteiger partial charge is 0.253 e. The monoisotopic (exact) mass is 335 g/mol. The van der Waals surface area contributed by atoms with E-state index < -0.39 is 10.0 Å². The van der Waals surface area contributed by atoms with Crippen LogP contribution < -0.4 is 16.0 Å². The Kier molecular flexibility index (Phi) is 4.97. The minimum Gasteiger partial charge on any atom is -0.348 e. The third-order valence-electron chi connectivity index (χ3n) is 3.30. The molecule has 0 saturated heterocycles. The van der Waals surface area contributed by atoms with E-state index in [2.05, 4.69) is 10.3 Å². The summed E-state index contributed by atoms with van der Waals surface area (Å²) in [4.78, 5) is 26.1. The van der Waals surface area contributed by atoms with Gasteiger partial charge in [-0.3, -0.25) is 9.59 Å².